The van der Waals surface area contributed by atoms with Gasteiger partial charge in [0.15, 0.2) is 0 Å². The minimum atomic E-state index is 0.421. The number of hydrogen-bond donors (Lipinski definition) is 0. The molecule has 0 aliphatic heterocycles. The number of benzene rings is 1. The van der Waals surface area contributed by atoms with Crippen LogP contribution in [0.4, 0.5) is 0 Å². The van der Waals surface area contributed by atoms with Crippen LogP contribution in [-0.2, 0) is 0 Å². The van der Waals surface area contributed by atoms with E-state index in [0.29, 0.717) is 11.8 Å². The van der Waals surface area contributed by atoms with Crippen molar-refractivity contribution in [2.75, 3.05) is 7.11 Å². The average molecular weight is 204 g/mol. The van der Waals surface area contributed by atoms with Crippen molar-refractivity contribution in [1.29, 1.82) is 0 Å². The Hall–Kier alpha value is -1.24. The Kier molecular flexibility index (Phi) is 4.41. The van der Waals surface area contributed by atoms with E-state index in [2.05, 4.69) is 32.6 Å². The molecule has 0 aromatic heterocycles. The first kappa shape index (κ1) is 11.8. The summed E-state index contributed by atoms with van der Waals surface area (Å²) in [4.78, 5) is 0. The van der Waals surface area contributed by atoms with Gasteiger partial charge < -0.3 is 4.74 Å². The Balaban J connectivity index is 2.95. The highest BCUT2D eigenvalue weighted by Crippen LogP contribution is 2.29. The third-order valence-electron chi connectivity index (χ3n) is 2.99. The lowest BCUT2D eigenvalue weighted by Gasteiger charge is -2.20. The van der Waals surface area contributed by atoms with Gasteiger partial charge in [0.2, 0.25) is 0 Å². The molecule has 0 saturated carbocycles. The van der Waals surface area contributed by atoms with Crippen molar-refractivity contribution in [3.8, 4) is 5.75 Å². The van der Waals surface area contributed by atoms with Crippen LogP contribution < -0.4 is 4.74 Å². The highest BCUT2D eigenvalue weighted by Gasteiger charge is 2.14. The van der Waals surface area contributed by atoms with Gasteiger partial charge in [-0.2, -0.15) is 0 Å². The molecular weight excluding hydrogens is 184 g/mol. The van der Waals surface area contributed by atoms with Crippen LogP contribution in [0.2, 0.25) is 0 Å². The largest absolute Gasteiger partial charge is 0.497 e. The smallest absolute Gasteiger partial charge is 0.119 e. The molecule has 82 valence electrons. The zero-order valence-corrected chi connectivity index (χ0v) is 9.86. The van der Waals surface area contributed by atoms with Gasteiger partial charge in [-0.25, -0.2) is 0 Å². The van der Waals surface area contributed by atoms with Crippen molar-refractivity contribution in [1.82, 2.24) is 0 Å². The lowest BCUT2D eigenvalue weighted by Crippen LogP contribution is -2.06. The molecule has 0 radical (unpaired) electrons. The van der Waals surface area contributed by atoms with E-state index in [0.717, 1.165) is 12.2 Å². The summed E-state index contributed by atoms with van der Waals surface area (Å²) >= 11 is 0. The molecule has 0 aliphatic carbocycles. The van der Waals surface area contributed by atoms with E-state index in [1.165, 1.54) is 5.56 Å². The number of rotatable bonds is 5. The summed E-state index contributed by atoms with van der Waals surface area (Å²) in [5, 5.41) is 0. The molecule has 0 N–H and O–H groups in total. The van der Waals surface area contributed by atoms with Crippen LogP contribution in [0.25, 0.3) is 0 Å². The number of hydrogen-bond acceptors (Lipinski definition) is 1. The maximum absolute atomic E-state index is 5.23. The molecule has 1 rings (SSSR count). The van der Waals surface area contributed by atoms with Crippen LogP contribution in [0, 0.1) is 5.92 Å². The fourth-order valence-electron chi connectivity index (χ4n) is 1.80. The fourth-order valence-corrected chi connectivity index (χ4v) is 1.80. The zero-order valence-electron chi connectivity index (χ0n) is 9.86. The average Bonchev–Trinajstić information content (AvgIpc) is 2.30. The monoisotopic (exact) mass is 204 g/mol. The van der Waals surface area contributed by atoms with Crippen LogP contribution >= 0.6 is 0 Å². The Morgan fingerprint density at radius 3 is 2.73 bits per heavy atom. The van der Waals surface area contributed by atoms with E-state index in [4.69, 9.17) is 4.74 Å². The molecule has 0 aliphatic rings. The summed E-state index contributed by atoms with van der Waals surface area (Å²) in [5.41, 5.74) is 1.29. The lowest BCUT2D eigenvalue weighted by molar-refractivity contribution is 0.413. The Labute approximate surface area is 92.8 Å². The summed E-state index contributed by atoms with van der Waals surface area (Å²) < 4.78 is 5.23. The van der Waals surface area contributed by atoms with Crippen LogP contribution in [-0.4, -0.2) is 7.11 Å². The Bertz CT molecular complexity index is 317. The standard InChI is InChI=1S/C14H20O/c1-5-11(3)14(6-2)12-8-7-9-13(10-12)15-4/h6-11,14H,2,5H2,1,3-4H3/t11-,14+/m0/s1. The first-order valence-corrected chi connectivity index (χ1v) is 5.49. The molecule has 0 spiro atoms. The number of methoxy groups -OCH3 is 1. The number of allylic oxidation sites excluding steroid dienone is 1. The van der Waals surface area contributed by atoms with Crippen LogP contribution in [0.1, 0.15) is 31.7 Å². The SMILES string of the molecule is C=C[C@@H](c1cccc(OC)c1)[C@@H](C)CC. The van der Waals surface area contributed by atoms with E-state index in [1.807, 2.05) is 18.2 Å². The molecule has 0 unspecified atom stereocenters. The molecule has 0 bridgehead atoms. The first-order chi connectivity index (χ1) is 7.22. The van der Waals surface area contributed by atoms with Gasteiger partial charge in [-0.05, 0) is 23.6 Å². The third kappa shape index (κ3) is 2.85. The van der Waals surface area contributed by atoms with Crippen molar-refractivity contribution >= 4 is 0 Å². The summed E-state index contributed by atoms with van der Waals surface area (Å²) in [6.07, 6.45) is 3.19. The van der Waals surface area contributed by atoms with E-state index in [9.17, 15) is 0 Å². The van der Waals surface area contributed by atoms with E-state index in [-0.39, 0.29) is 0 Å². The second-order valence-electron chi connectivity index (χ2n) is 3.92. The molecule has 1 nitrogen and oxygen atoms in total. The van der Waals surface area contributed by atoms with E-state index >= 15 is 0 Å². The minimum absolute atomic E-state index is 0.421. The Morgan fingerprint density at radius 2 is 2.20 bits per heavy atom. The third-order valence-corrected chi connectivity index (χ3v) is 2.99. The lowest BCUT2D eigenvalue weighted by atomic mass is 9.86. The van der Waals surface area contributed by atoms with Gasteiger partial charge in [-0.1, -0.05) is 38.5 Å². The van der Waals surface area contributed by atoms with Crippen molar-refractivity contribution in [3.63, 3.8) is 0 Å². The molecule has 2 atom stereocenters. The second kappa shape index (κ2) is 5.59. The summed E-state index contributed by atoms with van der Waals surface area (Å²) in [6.45, 7) is 8.39. The molecule has 1 aromatic carbocycles. The van der Waals surface area contributed by atoms with E-state index < -0.39 is 0 Å². The molecule has 1 heteroatoms. The number of ether oxygens (including phenoxy) is 1. The minimum Gasteiger partial charge on any atom is -0.497 e. The molecule has 1 aromatic rings. The van der Waals surface area contributed by atoms with Gasteiger partial charge in [-0.3, -0.25) is 0 Å². The molecule has 0 amide bonds. The van der Waals surface area contributed by atoms with Crippen molar-refractivity contribution in [2.24, 2.45) is 5.92 Å². The van der Waals surface area contributed by atoms with E-state index in [1.54, 1.807) is 7.11 Å². The Morgan fingerprint density at radius 1 is 1.47 bits per heavy atom. The summed E-state index contributed by atoms with van der Waals surface area (Å²) in [6, 6.07) is 8.24. The molecule has 0 fully saturated rings. The molecule has 0 heterocycles. The highest BCUT2D eigenvalue weighted by molar-refractivity contribution is 5.33. The maximum atomic E-state index is 5.23. The predicted molar refractivity (Wildman–Crippen MR) is 65.4 cm³/mol. The quantitative estimate of drug-likeness (QED) is 0.658. The second-order valence-corrected chi connectivity index (χ2v) is 3.92. The van der Waals surface area contributed by atoms with Crippen molar-refractivity contribution in [3.05, 3.63) is 42.5 Å². The van der Waals surface area contributed by atoms with Gasteiger partial charge in [-0.15, -0.1) is 6.58 Å². The fraction of sp³-hybridized carbons (Fsp3) is 0.429. The molecular formula is C14H20O. The van der Waals surface area contributed by atoms with Gasteiger partial charge in [0.25, 0.3) is 0 Å². The van der Waals surface area contributed by atoms with Gasteiger partial charge in [0, 0.05) is 5.92 Å². The van der Waals surface area contributed by atoms with Crippen LogP contribution in [0.3, 0.4) is 0 Å². The molecule has 0 saturated heterocycles. The highest BCUT2D eigenvalue weighted by atomic mass is 16.5. The predicted octanol–water partition coefficient (Wildman–Crippen LogP) is 4.01. The summed E-state index contributed by atoms with van der Waals surface area (Å²) in [7, 11) is 1.70. The van der Waals surface area contributed by atoms with Crippen molar-refractivity contribution in [2.45, 2.75) is 26.2 Å². The van der Waals surface area contributed by atoms with Crippen molar-refractivity contribution < 1.29 is 4.74 Å². The maximum Gasteiger partial charge on any atom is 0.119 e. The molecule has 15 heavy (non-hydrogen) atoms. The van der Waals surface area contributed by atoms with Gasteiger partial charge in [0.05, 0.1) is 7.11 Å². The van der Waals surface area contributed by atoms with Gasteiger partial charge in [0.1, 0.15) is 5.75 Å². The topological polar surface area (TPSA) is 9.23 Å². The normalized spacial score (nSPS) is 14.3. The van der Waals surface area contributed by atoms with Gasteiger partial charge >= 0.3 is 0 Å². The van der Waals surface area contributed by atoms with Crippen LogP contribution in [0.15, 0.2) is 36.9 Å². The first-order valence-electron chi connectivity index (χ1n) is 5.49. The zero-order chi connectivity index (χ0) is 11.3. The summed E-state index contributed by atoms with van der Waals surface area (Å²) in [5.74, 6) is 1.96. The van der Waals surface area contributed by atoms with Crippen LogP contribution in [0.5, 0.6) is 5.75 Å².